The van der Waals surface area contributed by atoms with Gasteiger partial charge in [-0.1, -0.05) is 29.3 Å². The van der Waals surface area contributed by atoms with Crippen LogP contribution in [0.5, 0.6) is 0 Å². The monoisotopic (exact) mass is 292 g/mol. The number of rotatable bonds is 2. The molecule has 1 aliphatic heterocycles. The maximum Gasteiger partial charge on any atom is 0.178 e. The maximum absolute atomic E-state index is 12.2. The lowest BCUT2D eigenvalue weighted by molar-refractivity contribution is 0.0995. The van der Waals surface area contributed by atoms with E-state index in [1.54, 1.807) is 30.0 Å². The highest BCUT2D eigenvalue weighted by Crippen LogP contribution is 2.31. The second kappa shape index (κ2) is 5.67. The van der Waals surface area contributed by atoms with Crippen molar-refractivity contribution in [3.8, 4) is 0 Å². The molecule has 5 heteroatoms. The van der Waals surface area contributed by atoms with E-state index in [2.05, 4.69) is 0 Å². The summed E-state index contributed by atoms with van der Waals surface area (Å²) in [7, 11) is 0. The van der Waals surface area contributed by atoms with Gasteiger partial charge in [0.1, 0.15) is 0 Å². The summed E-state index contributed by atoms with van der Waals surface area (Å²) >= 11 is 15.5. The van der Waals surface area contributed by atoms with Crippen LogP contribution in [0.2, 0.25) is 10.0 Å². The molecule has 0 N–H and O–H groups in total. The van der Waals surface area contributed by atoms with Crippen molar-refractivity contribution >= 4 is 52.5 Å². The van der Waals surface area contributed by atoms with Crippen LogP contribution >= 0.6 is 46.7 Å². The van der Waals surface area contributed by atoms with Crippen molar-refractivity contribution in [3.05, 3.63) is 33.8 Å². The summed E-state index contributed by atoms with van der Waals surface area (Å²) in [6, 6.07) is 5.21. The van der Waals surface area contributed by atoms with Crippen molar-refractivity contribution in [1.82, 2.24) is 0 Å². The number of ketones is 1. The molecule has 0 bridgehead atoms. The molecule has 86 valence electrons. The zero-order valence-electron chi connectivity index (χ0n) is 8.41. The van der Waals surface area contributed by atoms with Crippen LogP contribution in [0, 0.1) is 0 Å². The van der Waals surface area contributed by atoms with Crippen LogP contribution < -0.4 is 0 Å². The molecule has 1 aromatic rings. The predicted molar refractivity (Wildman–Crippen MR) is 74.4 cm³/mol. The Hall–Kier alpha value is 0.170. The summed E-state index contributed by atoms with van der Waals surface area (Å²) in [5.41, 5.74) is 0.550. The summed E-state index contributed by atoms with van der Waals surface area (Å²) in [6.07, 6.45) is 0. The Morgan fingerprint density at radius 3 is 2.81 bits per heavy atom. The van der Waals surface area contributed by atoms with E-state index < -0.39 is 0 Å². The molecule has 16 heavy (non-hydrogen) atoms. The molecule has 0 amide bonds. The topological polar surface area (TPSA) is 17.1 Å². The van der Waals surface area contributed by atoms with E-state index in [0.717, 1.165) is 17.3 Å². The zero-order valence-corrected chi connectivity index (χ0v) is 11.6. The molecule has 1 aliphatic rings. The van der Waals surface area contributed by atoms with E-state index in [-0.39, 0.29) is 11.0 Å². The van der Waals surface area contributed by atoms with Gasteiger partial charge in [0.25, 0.3) is 0 Å². The van der Waals surface area contributed by atoms with Gasteiger partial charge in [-0.15, -0.1) is 11.8 Å². The van der Waals surface area contributed by atoms with Gasteiger partial charge >= 0.3 is 0 Å². The van der Waals surface area contributed by atoms with Crippen molar-refractivity contribution in [1.29, 1.82) is 0 Å². The molecular weight excluding hydrogens is 283 g/mol. The van der Waals surface area contributed by atoms with E-state index in [9.17, 15) is 4.79 Å². The van der Waals surface area contributed by atoms with Crippen LogP contribution in [0.15, 0.2) is 18.2 Å². The van der Waals surface area contributed by atoms with Crippen LogP contribution in [0.1, 0.15) is 10.4 Å². The number of benzene rings is 1. The molecular formula is C11H10Cl2OS2. The molecule has 0 aliphatic carbocycles. The molecule has 0 saturated carbocycles. The smallest absolute Gasteiger partial charge is 0.178 e. The van der Waals surface area contributed by atoms with Crippen LogP contribution in [0.4, 0.5) is 0 Å². The zero-order chi connectivity index (χ0) is 11.5. The second-order valence-corrected chi connectivity index (χ2v) is 6.65. The Morgan fingerprint density at radius 1 is 1.31 bits per heavy atom. The molecule has 1 nitrogen and oxygen atoms in total. The van der Waals surface area contributed by atoms with Crippen molar-refractivity contribution in [2.24, 2.45) is 0 Å². The van der Waals surface area contributed by atoms with Gasteiger partial charge in [0.05, 0.1) is 15.3 Å². The van der Waals surface area contributed by atoms with Crippen LogP contribution in [-0.4, -0.2) is 28.3 Å². The van der Waals surface area contributed by atoms with Crippen molar-refractivity contribution in [2.75, 3.05) is 17.3 Å². The van der Waals surface area contributed by atoms with Gasteiger partial charge in [0, 0.05) is 22.8 Å². The highest BCUT2D eigenvalue weighted by Gasteiger charge is 2.25. The highest BCUT2D eigenvalue weighted by molar-refractivity contribution is 8.07. The number of thioether (sulfide) groups is 2. The maximum atomic E-state index is 12.2. The molecule has 0 aromatic heterocycles. The second-order valence-electron chi connectivity index (χ2n) is 3.40. The fraction of sp³-hybridized carbons (Fsp3) is 0.364. The molecule has 1 saturated heterocycles. The first kappa shape index (κ1) is 12.6. The van der Waals surface area contributed by atoms with Gasteiger partial charge in [-0.2, -0.15) is 11.8 Å². The third kappa shape index (κ3) is 2.70. The highest BCUT2D eigenvalue weighted by atomic mass is 35.5. The summed E-state index contributed by atoms with van der Waals surface area (Å²) < 4.78 is 0. The third-order valence-electron chi connectivity index (χ3n) is 2.33. The Kier molecular flexibility index (Phi) is 4.48. The number of Topliss-reactive ketones (excluding diaryl/α,β-unsaturated/α-hetero) is 1. The van der Waals surface area contributed by atoms with Gasteiger partial charge < -0.3 is 0 Å². The first-order valence-electron chi connectivity index (χ1n) is 4.87. The molecule has 1 heterocycles. The average Bonchev–Trinajstić information content (AvgIpc) is 2.33. The normalized spacial score (nSPS) is 20.8. The van der Waals surface area contributed by atoms with Crippen molar-refractivity contribution < 1.29 is 4.79 Å². The first-order chi connectivity index (χ1) is 7.70. The SMILES string of the molecule is O=C(c1cccc(Cl)c1Cl)C1CSCCS1. The van der Waals surface area contributed by atoms with E-state index in [1.165, 1.54) is 0 Å². The number of carbonyl (C=O) groups excluding carboxylic acids is 1. The summed E-state index contributed by atoms with van der Waals surface area (Å²) in [6.45, 7) is 0. The summed E-state index contributed by atoms with van der Waals surface area (Å²) in [4.78, 5) is 12.2. The Labute approximate surface area is 113 Å². The fourth-order valence-electron chi connectivity index (χ4n) is 1.51. The van der Waals surface area contributed by atoms with E-state index in [0.29, 0.717) is 15.6 Å². The van der Waals surface area contributed by atoms with E-state index >= 15 is 0 Å². The quantitative estimate of drug-likeness (QED) is 0.766. The Morgan fingerprint density at radius 2 is 2.12 bits per heavy atom. The molecule has 1 fully saturated rings. The summed E-state index contributed by atoms with van der Waals surface area (Å²) in [5.74, 6) is 3.12. The molecule has 1 atom stereocenters. The van der Waals surface area contributed by atoms with Crippen LogP contribution in [0.25, 0.3) is 0 Å². The van der Waals surface area contributed by atoms with Crippen molar-refractivity contribution in [2.45, 2.75) is 5.25 Å². The molecule has 1 aromatic carbocycles. The third-order valence-corrected chi connectivity index (χ3v) is 5.90. The van der Waals surface area contributed by atoms with Gasteiger partial charge in [0.15, 0.2) is 5.78 Å². The number of hydrogen-bond acceptors (Lipinski definition) is 3. The Balaban J connectivity index is 2.22. The average molecular weight is 293 g/mol. The van der Waals surface area contributed by atoms with E-state index in [4.69, 9.17) is 23.2 Å². The lowest BCUT2D eigenvalue weighted by Crippen LogP contribution is -2.24. The number of hydrogen-bond donors (Lipinski definition) is 0. The Bertz CT molecular complexity index is 403. The fourth-order valence-corrected chi connectivity index (χ4v) is 4.53. The molecule has 0 spiro atoms. The lowest BCUT2D eigenvalue weighted by Gasteiger charge is -2.20. The molecule has 0 radical (unpaired) electrons. The van der Waals surface area contributed by atoms with Crippen LogP contribution in [0.3, 0.4) is 0 Å². The first-order valence-corrected chi connectivity index (χ1v) is 7.83. The molecule has 1 unspecified atom stereocenters. The van der Waals surface area contributed by atoms with Gasteiger partial charge in [0.2, 0.25) is 0 Å². The van der Waals surface area contributed by atoms with Crippen LogP contribution in [-0.2, 0) is 0 Å². The number of carbonyl (C=O) groups is 1. The van der Waals surface area contributed by atoms with Gasteiger partial charge in [-0.3, -0.25) is 4.79 Å². The standard InChI is InChI=1S/C11H10Cl2OS2/c12-8-3-1-2-7(10(8)13)11(14)9-6-15-4-5-16-9/h1-3,9H,4-6H2. The van der Waals surface area contributed by atoms with Gasteiger partial charge in [-0.25, -0.2) is 0 Å². The minimum absolute atomic E-state index is 0.0229. The summed E-state index contributed by atoms with van der Waals surface area (Å²) in [5, 5.41) is 0.848. The number of halogens is 2. The minimum atomic E-state index is 0.0229. The van der Waals surface area contributed by atoms with E-state index in [1.807, 2.05) is 11.8 Å². The van der Waals surface area contributed by atoms with Crippen molar-refractivity contribution in [3.63, 3.8) is 0 Å². The lowest BCUT2D eigenvalue weighted by atomic mass is 10.1. The molecule has 2 rings (SSSR count). The largest absolute Gasteiger partial charge is 0.293 e. The predicted octanol–water partition coefficient (Wildman–Crippen LogP) is 4.02. The minimum Gasteiger partial charge on any atom is -0.293 e. The van der Waals surface area contributed by atoms with Gasteiger partial charge in [-0.05, 0) is 12.1 Å².